The number of carbonyl (C=O) groups is 1. The Kier molecular flexibility index (Phi) is 8.17. The maximum absolute atomic E-state index is 12.2. The lowest BCUT2D eigenvalue weighted by Crippen LogP contribution is -2.20. The molecular formula is C24H29ClN2O3. The van der Waals surface area contributed by atoms with Crippen LogP contribution < -0.4 is 14.8 Å². The average molecular weight is 429 g/mol. The second kappa shape index (κ2) is 11.0. The molecule has 0 aromatic heterocycles. The van der Waals surface area contributed by atoms with Crippen LogP contribution in [-0.2, 0) is 17.9 Å². The number of benzene rings is 2. The van der Waals surface area contributed by atoms with Crippen LogP contribution in [0.5, 0.6) is 11.5 Å². The van der Waals surface area contributed by atoms with Gasteiger partial charge in [-0.25, -0.2) is 0 Å². The summed E-state index contributed by atoms with van der Waals surface area (Å²) in [7, 11) is 1.55. The topological polar surface area (TPSA) is 50.8 Å². The fraction of sp³-hybridized carbons (Fsp3) is 0.375. The highest BCUT2D eigenvalue weighted by Gasteiger charge is 2.12. The van der Waals surface area contributed by atoms with Crippen molar-refractivity contribution in [3.05, 3.63) is 64.2 Å². The quantitative estimate of drug-likeness (QED) is 0.589. The number of carbonyl (C=O) groups excluding carboxylic acids is 1. The molecule has 0 aliphatic carbocycles. The van der Waals surface area contributed by atoms with Crippen LogP contribution in [0, 0.1) is 0 Å². The summed E-state index contributed by atoms with van der Waals surface area (Å²) in [4.78, 5) is 14.7. The standard InChI is InChI=1S/C24H29ClN2O3/c1-3-30-22-15-20(14-21(25)24(22)29-2)10-11-23(28)26-16-18-6-8-19(9-7-18)17-27-12-4-5-13-27/h6-11,14-15H,3-5,12-13,16-17H2,1-2H3,(H,26,28)/b11-10+. The predicted molar refractivity (Wildman–Crippen MR) is 121 cm³/mol. The molecule has 0 atom stereocenters. The highest BCUT2D eigenvalue weighted by Crippen LogP contribution is 2.36. The van der Waals surface area contributed by atoms with Gasteiger partial charge in [0.25, 0.3) is 0 Å². The molecular weight excluding hydrogens is 400 g/mol. The minimum absolute atomic E-state index is 0.166. The zero-order valence-corrected chi connectivity index (χ0v) is 18.4. The number of likely N-dealkylation sites (tertiary alicyclic amines) is 1. The Hall–Kier alpha value is -2.50. The normalized spacial score (nSPS) is 14.2. The van der Waals surface area contributed by atoms with Crippen LogP contribution in [0.3, 0.4) is 0 Å². The Labute approximate surface area is 183 Å². The molecule has 0 unspecified atom stereocenters. The Bertz CT molecular complexity index is 875. The van der Waals surface area contributed by atoms with Crippen molar-refractivity contribution in [1.29, 1.82) is 0 Å². The fourth-order valence-corrected chi connectivity index (χ4v) is 3.82. The zero-order chi connectivity index (χ0) is 21.3. The molecule has 1 aliphatic rings. The van der Waals surface area contributed by atoms with E-state index < -0.39 is 0 Å². The third-order valence-corrected chi connectivity index (χ3v) is 5.34. The first kappa shape index (κ1) is 22.2. The number of nitrogens with one attached hydrogen (secondary N) is 1. The lowest BCUT2D eigenvalue weighted by molar-refractivity contribution is -0.116. The molecule has 0 saturated carbocycles. The number of ether oxygens (including phenoxy) is 2. The number of methoxy groups -OCH3 is 1. The van der Waals surface area contributed by atoms with Gasteiger partial charge in [0.2, 0.25) is 5.91 Å². The highest BCUT2D eigenvalue weighted by atomic mass is 35.5. The highest BCUT2D eigenvalue weighted by molar-refractivity contribution is 6.32. The number of hydrogen-bond donors (Lipinski definition) is 1. The minimum atomic E-state index is -0.166. The summed E-state index contributed by atoms with van der Waals surface area (Å²) in [5.41, 5.74) is 3.16. The van der Waals surface area contributed by atoms with Crippen molar-refractivity contribution in [1.82, 2.24) is 10.2 Å². The van der Waals surface area contributed by atoms with Crippen LogP contribution in [0.1, 0.15) is 36.5 Å². The molecule has 160 valence electrons. The SMILES string of the molecule is CCOc1cc(/C=C/C(=O)NCc2ccc(CN3CCCC3)cc2)cc(Cl)c1OC. The van der Waals surface area contributed by atoms with E-state index in [-0.39, 0.29) is 5.91 Å². The molecule has 30 heavy (non-hydrogen) atoms. The van der Waals surface area contributed by atoms with Crippen LogP contribution in [-0.4, -0.2) is 37.6 Å². The van der Waals surface area contributed by atoms with Crippen LogP contribution in [0.4, 0.5) is 0 Å². The van der Waals surface area contributed by atoms with E-state index in [4.69, 9.17) is 21.1 Å². The summed E-state index contributed by atoms with van der Waals surface area (Å²) in [6, 6.07) is 12.0. The molecule has 0 spiro atoms. The molecule has 0 bridgehead atoms. The Morgan fingerprint density at radius 3 is 2.53 bits per heavy atom. The predicted octanol–water partition coefficient (Wildman–Crippen LogP) is 4.67. The van der Waals surface area contributed by atoms with Crippen LogP contribution in [0.2, 0.25) is 5.02 Å². The molecule has 1 fully saturated rings. The number of amides is 1. The third kappa shape index (κ3) is 6.25. The third-order valence-electron chi connectivity index (χ3n) is 5.06. The summed E-state index contributed by atoms with van der Waals surface area (Å²) in [5.74, 6) is 0.885. The van der Waals surface area contributed by atoms with Crippen molar-refractivity contribution in [2.45, 2.75) is 32.9 Å². The van der Waals surface area contributed by atoms with Gasteiger partial charge in [-0.1, -0.05) is 35.9 Å². The van der Waals surface area contributed by atoms with Crippen molar-refractivity contribution in [3.63, 3.8) is 0 Å². The molecule has 1 amide bonds. The van der Waals surface area contributed by atoms with E-state index >= 15 is 0 Å². The summed E-state index contributed by atoms with van der Waals surface area (Å²) in [6.07, 6.45) is 5.80. The van der Waals surface area contributed by atoms with Crippen molar-refractivity contribution in [2.24, 2.45) is 0 Å². The van der Waals surface area contributed by atoms with Gasteiger partial charge in [0.05, 0.1) is 18.7 Å². The average Bonchev–Trinajstić information content (AvgIpc) is 3.25. The summed E-state index contributed by atoms with van der Waals surface area (Å²) >= 11 is 6.25. The second-order valence-electron chi connectivity index (χ2n) is 7.32. The molecule has 0 radical (unpaired) electrons. The van der Waals surface area contributed by atoms with Gasteiger partial charge < -0.3 is 14.8 Å². The van der Waals surface area contributed by atoms with Crippen molar-refractivity contribution in [2.75, 3.05) is 26.8 Å². The fourth-order valence-electron chi connectivity index (χ4n) is 3.53. The number of nitrogens with zero attached hydrogens (tertiary/aromatic N) is 1. The lowest BCUT2D eigenvalue weighted by atomic mass is 10.1. The van der Waals surface area contributed by atoms with Crippen LogP contribution in [0.15, 0.2) is 42.5 Å². The number of hydrogen-bond acceptors (Lipinski definition) is 4. The maximum Gasteiger partial charge on any atom is 0.244 e. The minimum Gasteiger partial charge on any atom is -0.491 e. The first-order valence-corrected chi connectivity index (χ1v) is 10.7. The van der Waals surface area contributed by atoms with E-state index in [1.165, 1.54) is 37.6 Å². The van der Waals surface area contributed by atoms with Crippen molar-refractivity contribution >= 4 is 23.6 Å². The molecule has 5 nitrogen and oxygen atoms in total. The molecule has 2 aromatic rings. The van der Waals surface area contributed by atoms with Crippen molar-refractivity contribution in [3.8, 4) is 11.5 Å². The number of halogens is 1. The van der Waals surface area contributed by atoms with Gasteiger partial charge in [0, 0.05) is 19.2 Å². The second-order valence-corrected chi connectivity index (χ2v) is 7.73. The lowest BCUT2D eigenvalue weighted by Gasteiger charge is -2.14. The molecule has 1 N–H and O–H groups in total. The summed E-state index contributed by atoms with van der Waals surface area (Å²) < 4.78 is 10.8. The molecule has 1 heterocycles. The van der Waals surface area contributed by atoms with Gasteiger partial charge in [-0.3, -0.25) is 9.69 Å². The molecule has 3 rings (SSSR count). The van der Waals surface area contributed by atoms with E-state index in [1.54, 1.807) is 25.3 Å². The van der Waals surface area contributed by atoms with E-state index in [0.717, 1.165) is 17.7 Å². The number of rotatable bonds is 9. The van der Waals surface area contributed by atoms with E-state index in [9.17, 15) is 4.79 Å². The van der Waals surface area contributed by atoms with Crippen molar-refractivity contribution < 1.29 is 14.3 Å². The van der Waals surface area contributed by atoms with E-state index in [2.05, 4.69) is 34.5 Å². The zero-order valence-electron chi connectivity index (χ0n) is 17.6. The van der Waals surface area contributed by atoms with Gasteiger partial charge in [-0.05, 0) is 67.8 Å². The van der Waals surface area contributed by atoms with Crippen LogP contribution >= 0.6 is 11.6 Å². The molecule has 1 saturated heterocycles. The Morgan fingerprint density at radius 2 is 1.87 bits per heavy atom. The summed E-state index contributed by atoms with van der Waals surface area (Å²) in [5, 5.41) is 3.36. The molecule has 2 aromatic carbocycles. The first-order chi connectivity index (χ1) is 14.6. The van der Waals surface area contributed by atoms with E-state index in [1.807, 2.05) is 6.92 Å². The van der Waals surface area contributed by atoms with Gasteiger partial charge in [-0.2, -0.15) is 0 Å². The van der Waals surface area contributed by atoms with Gasteiger partial charge in [-0.15, -0.1) is 0 Å². The Morgan fingerprint density at radius 1 is 1.17 bits per heavy atom. The van der Waals surface area contributed by atoms with Gasteiger partial charge >= 0.3 is 0 Å². The summed E-state index contributed by atoms with van der Waals surface area (Å²) in [6.45, 7) is 6.26. The van der Waals surface area contributed by atoms with Crippen LogP contribution in [0.25, 0.3) is 6.08 Å². The van der Waals surface area contributed by atoms with Gasteiger partial charge in [0.1, 0.15) is 0 Å². The smallest absolute Gasteiger partial charge is 0.244 e. The molecule has 1 aliphatic heterocycles. The van der Waals surface area contributed by atoms with E-state index in [0.29, 0.717) is 29.7 Å². The maximum atomic E-state index is 12.2. The largest absolute Gasteiger partial charge is 0.491 e. The monoisotopic (exact) mass is 428 g/mol. The first-order valence-electron chi connectivity index (χ1n) is 10.4. The Balaban J connectivity index is 1.53. The van der Waals surface area contributed by atoms with Gasteiger partial charge in [0.15, 0.2) is 11.5 Å². The molecule has 6 heteroatoms.